The van der Waals surface area contributed by atoms with Gasteiger partial charge in [0.25, 0.3) is 0 Å². The van der Waals surface area contributed by atoms with Gasteiger partial charge < -0.3 is 9.47 Å². The highest BCUT2D eigenvalue weighted by Gasteiger charge is 2.16. The number of hydrogen-bond acceptors (Lipinski definition) is 3. The second kappa shape index (κ2) is 6.81. The third-order valence-corrected chi connectivity index (χ3v) is 4.71. The topological polar surface area (TPSA) is 18.5 Å². The maximum absolute atomic E-state index is 13.6. The molecular formula is C16H14BrFO2S. The van der Waals surface area contributed by atoms with Crippen LogP contribution in [0.2, 0.25) is 0 Å². The molecule has 2 aromatic carbocycles. The number of hydrogen-bond donors (Lipinski definition) is 0. The Morgan fingerprint density at radius 2 is 2.10 bits per heavy atom. The number of thioether (sulfide) groups is 1. The smallest absolute Gasteiger partial charge is 0.189 e. The monoisotopic (exact) mass is 368 g/mol. The molecule has 0 N–H and O–H groups in total. The summed E-state index contributed by atoms with van der Waals surface area (Å²) in [5, 5.41) is 0. The summed E-state index contributed by atoms with van der Waals surface area (Å²) in [4.78, 5) is 0. The second-order valence-electron chi connectivity index (χ2n) is 4.79. The zero-order valence-electron chi connectivity index (χ0n) is 11.3. The van der Waals surface area contributed by atoms with Gasteiger partial charge in [-0.25, -0.2) is 4.39 Å². The molecule has 0 amide bonds. The lowest BCUT2D eigenvalue weighted by atomic mass is 10.1. The molecule has 0 saturated heterocycles. The van der Waals surface area contributed by atoms with Crippen molar-refractivity contribution in [2.75, 3.05) is 6.79 Å². The summed E-state index contributed by atoms with van der Waals surface area (Å²) >= 11 is 5.21. The molecule has 0 aromatic heterocycles. The van der Waals surface area contributed by atoms with E-state index >= 15 is 0 Å². The molecule has 0 saturated carbocycles. The first kappa shape index (κ1) is 14.9. The SMILES string of the molecule is Fc1cc2c(c(CSCc3cccc(Br)c3)c1)OCOC2. The highest BCUT2D eigenvalue weighted by atomic mass is 79.9. The van der Waals surface area contributed by atoms with Crippen molar-refractivity contribution in [2.45, 2.75) is 18.1 Å². The molecule has 0 bridgehead atoms. The standard InChI is InChI=1S/C16H14BrFO2S/c17-14-3-1-2-11(4-14)8-21-9-13-6-15(18)5-12-7-19-10-20-16(12)13/h1-6H,7-10H2. The van der Waals surface area contributed by atoms with Crippen molar-refractivity contribution in [3.8, 4) is 5.75 Å². The van der Waals surface area contributed by atoms with Crippen molar-refractivity contribution in [2.24, 2.45) is 0 Å². The summed E-state index contributed by atoms with van der Waals surface area (Å²) in [5.74, 6) is 2.14. The Balaban J connectivity index is 1.69. The Bertz CT molecular complexity index is 648. The zero-order chi connectivity index (χ0) is 14.7. The minimum Gasteiger partial charge on any atom is -0.467 e. The van der Waals surface area contributed by atoms with Gasteiger partial charge in [-0.05, 0) is 29.8 Å². The highest BCUT2D eigenvalue weighted by molar-refractivity contribution is 9.10. The Kier molecular flexibility index (Phi) is 4.83. The molecule has 3 rings (SSSR count). The Hall–Kier alpha value is -1.04. The van der Waals surface area contributed by atoms with E-state index in [9.17, 15) is 4.39 Å². The van der Waals surface area contributed by atoms with Crippen LogP contribution in [0.15, 0.2) is 40.9 Å². The average Bonchev–Trinajstić information content (AvgIpc) is 2.47. The molecule has 0 aliphatic carbocycles. The van der Waals surface area contributed by atoms with E-state index in [1.54, 1.807) is 17.8 Å². The summed E-state index contributed by atoms with van der Waals surface area (Å²) in [5.41, 5.74) is 2.93. The Morgan fingerprint density at radius 3 is 2.95 bits per heavy atom. The Morgan fingerprint density at radius 1 is 1.19 bits per heavy atom. The van der Waals surface area contributed by atoms with Gasteiger partial charge in [0.1, 0.15) is 11.6 Å². The lowest BCUT2D eigenvalue weighted by Gasteiger charge is -2.20. The van der Waals surface area contributed by atoms with Gasteiger partial charge in [-0.1, -0.05) is 28.1 Å². The van der Waals surface area contributed by atoms with Gasteiger partial charge in [0.2, 0.25) is 0 Å². The number of ether oxygens (including phenoxy) is 2. The molecule has 0 fully saturated rings. The highest BCUT2D eigenvalue weighted by Crippen LogP contribution is 2.32. The maximum atomic E-state index is 13.6. The molecule has 5 heteroatoms. The number of fused-ring (bicyclic) bond motifs is 1. The van der Waals surface area contributed by atoms with E-state index in [2.05, 4.69) is 28.1 Å². The molecule has 0 radical (unpaired) electrons. The first-order chi connectivity index (χ1) is 10.2. The number of benzene rings is 2. The lowest BCUT2D eigenvalue weighted by Crippen LogP contribution is -2.13. The van der Waals surface area contributed by atoms with Crippen molar-refractivity contribution < 1.29 is 13.9 Å². The molecule has 1 aliphatic rings. The molecule has 1 aliphatic heterocycles. The fraction of sp³-hybridized carbons (Fsp3) is 0.250. The lowest BCUT2D eigenvalue weighted by molar-refractivity contribution is -0.0171. The summed E-state index contributed by atoms with van der Waals surface area (Å²) in [6, 6.07) is 11.2. The number of rotatable bonds is 4. The number of halogens is 2. The van der Waals surface area contributed by atoms with E-state index in [0.717, 1.165) is 27.1 Å². The molecule has 2 aromatic rings. The van der Waals surface area contributed by atoms with Crippen LogP contribution in [-0.2, 0) is 22.8 Å². The van der Waals surface area contributed by atoms with Crippen molar-refractivity contribution in [3.63, 3.8) is 0 Å². The molecule has 0 unspecified atom stereocenters. The summed E-state index contributed by atoms with van der Waals surface area (Å²) < 4.78 is 25.4. The van der Waals surface area contributed by atoms with E-state index in [4.69, 9.17) is 9.47 Å². The van der Waals surface area contributed by atoms with Crippen LogP contribution >= 0.6 is 27.7 Å². The molecule has 2 nitrogen and oxygen atoms in total. The molecule has 110 valence electrons. The summed E-state index contributed by atoms with van der Waals surface area (Å²) in [6.07, 6.45) is 0. The minimum atomic E-state index is -0.235. The van der Waals surface area contributed by atoms with E-state index < -0.39 is 0 Å². The first-order valence-corrected chi connectivity index (χ1v) is 8.51. The van der Waals surface area contributed by atoms with Gasteiger partial charge in [-0.3, -0.25) is 0 Å². The van der Waals surface area contributed by atoms with Gasteiger partial charge >= 0.3 is 0 Å². The van der Waals surface area contributed by atoms with Crippen LogP contribution < -0.4 is 4.74 Å². The van der Waals surface area contributed by atoms with Crippen LogP contribution in [0.4, 0.5) is 4.39 Å². The zero-order valence-corrected chi connectivity index (χ0v) is 13.7. The van der Waals surface area contributed by atoms with Gasteiger partial charge in [0.05, 0.1) is 6.61 Å². The first-order valence-electron chi connectivity index (χ1n) is 6.56. The van der Waals surface area contributed by atoms with Gasteiger partial charge in [-0.15, -0.1) is 0 Å². The second-order valence-corrected chi connectivity index (χ2v) is 6.69. The summed E-state index contributed by atoms with van der Waals surface area (Å²) in [7, 11) is 0. The van der Waals surface area contributed by atoms with E-state index in [-0.39, 0.29) is 12.6 Å². The average molecular weight is 369 g/mol. The molecule has 21 heavy (non-hydrogen) atoms. The van der Waals surface area contributed by atoms with Gasteiger partial charge in [-0.2, -0.15) is 11.8 Å². The summed E-state index contributed by atoms with van der Waals surface area (Å²) in [6.45, 7) is 0.651. The normalized spacial score (nSPS) is 13.6. The van der Waals surface area contributed by atoms with Crippen molar-refractivity contribution in [3.05, 3.63) is 63.4 Å². The van der Waals surface area contributed by atoms with Gasteiger partial charge in [0, 0.05) is 27.1 Å². The van der Waals surface area contributed by atoms with Crippen LogP contribution in [0, 0.1) is 5.82 Å². The predicted molar refractivity (Wildman–Crippen MR) is 85.8 cm³/mol. The third-order valence-electron chi connectivity index (χ3n) is 3.17. The van der Waals surface area contributed by atoms with Crippen LogP contribution in [0.25, 0.3) is 0 Å². The van der Waals surface area contributed by atoms with Crippen molar-refractivity contribution in [1.29, 1.82) is 0 Å². The molecule has 0 spiro atoms. The largest absolute Gasteiger partial charge is 0.467 e. The van der Waals surface area contributed by atoms with Crippen LogP contribution in [-0.4, -0.2) is 6.79 Å². The van der Waals surface area contributed by atoms with Gasteiger partial charge in [0.15, 0.2) is 6.79 Å². The minimum absolute atomic E-state index is 0.235. The maximum Gasteiger partial charge on any atom is 0.189 e. The van der Waals surface area contributed by atoms with E-state index in [1.807, 2.05) is 12.1 Å². The molecular weight excluding hydrogens is 355 g/mol. The van der Waals surface area contributed by atoms with Crippen molar-refractivity contribution in [1.82, 2.24) is 0 Å². The Labute approximate surface area is 135 Å². The van der Waals surface area contributed by atoms with Crippen molar-refractivity contribution >= 4 is 27.7 Å². The third kappa shape index (κ3) is 3.78. The van der Waals surface area contributed by atoms with Crippen LogP contribution in [0.1, 0.15) is 16.7 Å². The van der Waals surface area contributed by atoms with Crippen LogP contribution in [0.3, 0.4) is 0 Å². The quantitative estimate of drug-likeness (QED) is 0.765. The molecule has 0 atom stereocenters. The molecule has 1 heterocycles. The predicted octanol–water partition coefficient (Wildman–Crippen LogP) is 4.89. The fourth-order valence-corrected chi connectivity index (χ4v) is 3.67. The van der Waals surface area contributed by atoms with Crippen LogP contribution in [0.5, 0.6) is 5.75 Å². The fourth-order valence-electron chi connectivity index (χ4n) is 2.27. The van der Waals surface area contributed by atoms with E-state index in [1.165, 1.54) is 11.6 Å². The van der Waals surface area contributed by atoms with E-state index in [0.29, 0.717) is 12.4 Å².